The van der Waals surface area contributed by atoms with Crippen molar-refractivity contribution in [3.8, 4) is 0 Å². The van der Waals surface area contributed by atoms with Crippen molar-refractivity contribution in [3.63, 3.8) is 0 Å². The molecule has 1 aromatic carbocycles. The zero-order valence-corrected chi connectivity index (χ0v) is 9.12. The molecule has 0 aliphatic heterocycles. The molecule has 3 nitrogen and oxygen atoms in total. The smallest absolute Gasteiger partial charge is 0.259 e. The molecule has 0 unspecified atom stereocenters. The lowest BCUT2D eigenvalue weighted by Crippen LogP contribution is -2.10. The van der Waals surface area contributed by atoms with Gasteiger partial charge in [0.25, 0.3) is 5.56 Å². The van der Waals surface area contributed by atoms with Gasteiger partial charge in [-0.2, -0.15) is 0 Å². The number of hydrogen-bond acceptors (Lipinski definition) is 2. The lowest BCUT2D eigenvalue weighted by molar-refractivity contribution is 1.11. The number of nitrogens with one attached hydrogen (secondary N) is 1. The van der Waals surface area contributed by atoms with Crippen LogP contribution in [-0.2, 0) is 0 Å². The van der Waals surface area contributed by atoms with Gasteiger partial charge < -0.3 is 4.98 Å². The number of nitrogens with zero attached hydrogens (tertiary/aromatic N) is 1. The number of fused-ring (bicyclic) bond motifs is 1. The molecule has 2 rings (SSSR count). The van der Waals surface area contributed by atoms with E-state index in [1.54, 1.807) is 0 Å². The normalized spacial score (nSPS) is 10.6. The van der Waals surface area contributed by atoms with Crippen LogP contribution in [0, 0.1) is 10.8 Å². The van der Waals surface area contributed by atoms with E-state index in [-0.39, 0.29) is 5.56 Å². The molecule has 4 heteroatoms. The molecule has 0 aliphatic rings. The van der Waals surface area contributed by atoms with Crippen molar-refractivity contribution >= 4 is 33.5 Å². The minimum absolute atomic E-state index is 0.0625. The molecular formula is C9H7IN2O. The molecule has 1 N–H and O–H groups in total. The average Bonchev–Trinajstić information content (AvgIpc) is 2.02. The first-order valence-corrected chi connectivity index (χ1v) is 4.91. The Morgan fingerprint density at radius 1 is 1.46 bits per heavy atom. The summed E-state index contributed by atoms with van der Waals surface area (Å²) in [6.45, 7) is 1.91. The zero-order valence-electron chi connectivity index (χ0n) is 6.97. The molecule has 0 saturated heterocycles. The van der Waals surface area contributed by atoms with Gasteiger partial charge in [-0.05, 0) is 41.1 Å². The fraction of sp³-hybridized carbons (Fsp3) is 0.111. The third-order valence-electron chi connectivity index (χ3n) is 1.91. The fourth-order valence-corrected chi connectivity index (χ4v) is 1.84. The van der Waals surface area contributed by atoms with E-state index < -0.39 is 0 Å². The van der Waals surface area contributed by atoms with Crippen LogP contribution in [0.25, 0.3) is 10.9 Å². The van der Waals surface area contributed by atoms with Crippen molar-refractivity contribution in [1.82, 2.24) is 9.97 Å². The van der Waals surface area contributed by atoms with Crippen LogP contribution in [-0.4, -0.2) is 9.97 Å². The Labute approximate surface area is 88.3 Å². The van der Waals surface area contributed by atoms with Gasteiger partial charge in [-0.15, -0.1) is 0 Å². The average molecular weight is 286 g/mol. The van der Waals surface area contributed by atoms with E-state index in [4.69, 9.17) is 0 Å². The fourth-order valence-electron chi connectivity index (χ4n) is 1.33. The second-order valence-corrected chi connectivity index (χ2v) is 3.85. The summed E-state index contributed by atoms with van der Waals surface area (Å²) in [7, 11) is 0. The number of aromatic amines is 1. The van der Waals surface area contributed by atoms with Crippen LogP contribution >= 0.6 is 22.6 Å². The highest BCUT2D eigenvalue weighted by molar-refractivity contribution is 14.1. The number of aromatic nitrogens is 2. The third-order valence-corrected chi connectivity index (χ3v) is 2.42. The second kappa shape index (κ2) is 3.10. The monoisotopic (exact) mass is 286 g/mol. The number of aryl methyl sites for hydroxylation is 1. The van der Waals surface area contributed by atoms with E-state index >= 15 is 0 Å². The standard InChI is InChI=1S/C9H7IN2O/c1-5-3-2-4-6-7(5)8(13)12-9(10)11-6/h2-4H,1H3,(H,11,12,13). The SMILES string of the molecule is Cc1cccc2nc(I)[nH]c(=O)c12. The predicted molar refractivity (Wildman–Crippen MR) is 59.8 cm³/mol. The van der Waals surface area contributed by atoms with Gasteiger partial charge in [-0.1, -0.05) is 12.1 Å². The summed E-state index contributed by atoms with van der Waals surface area (Å²) in [4.78, 5) is 18.4. The highest BCUT2D eigenvalue weighted by Gasteiger charge is 2.03. The first kappa shape index (κ1) is 8.68. The lowest BCUT2D eigenvalue weighted by atomic mass is 10.1. The van der Waals surface area contributed by atoms with Crippen molar-refractivity contribution in [1.29, 1.82) is 0 Å². The molecule has 0 spiro atoms. The molecule has 66 valence electrons. The van der Waals surface area contributed by atoms with Crippen molar-refractivity contribution < 1.29 is 0 Å². The van der Waals surface area contributed by atoms with Gasteiger partial charge in [0.15, 0.2) is 3.83 Å². The molecule has 2 aromatic rings. The summed E-state index contributed by atoms with van der Waals surface area (Å²) < 4.78 is 0.626. The number of rotatable bonds is 0. The summed E-state index contributed by atoms with van der Waals surface area (Å²) in [5, 5.41) is 0.683. The zero-order chi connectivity index (χ0) is 9.42. The van der Waals surface area contributed by atoms with Gasteiger partial charge in [0.05, 0.1) is 10.9 Å². The number of halogens is 1. The molecular weight excluding hydrogens is 279 g/mol. The van der Waals surface area contributed by atoms with Crippen LogP contribution < -0.4 is 5.56 Å². The van der Waals surface area contributed by atoms with E-state index in [9.17, 15) is 4.79 Å². The Bertz CT molecular complexity index is 518. The molecule has 0 fully saturated rings. The van der Waals surface area contributed by atoms with E-state index in [1.807, 2.05) is 47.7 Å². The van der Waals surface area contributed by atoms with Crippen LogP contribution in [0.1, 0.15) is 5.56 Å². The van der Waals surface area contributed by atoms with Crippen LogP contribution in [0.15, 0.2) is 23.0 Å². The van der Waals surface area contributed by atoms with E-state index in [0.29, 0.717) is 9.22 Å². The van der Waals surface area contributed by atoms with Crippen molar-refractivity contribution in [2.75, 3.05) is 0 Å². The van der Waals surface area contributed by atoms with Crippen LogP contribution in [0.4, 0.5) is 0 Å². The quantitative estimate of drug-likeness (QED) is 0.593. The lowest BCUT2D eigenvalue weighted by Gasteiger charge is -1.99. The van der Waals surface area contributed by atoms with Crippen LogP contribution in [0.5, 0.6) is 0 Å². The molecule has 13 heavy (non-hydrogen) atoms. The maximum atomic E-state index is 11.5. The van der Waals surface area contributed by atoms with Gasteiger partial charge >= 0.3 is 0 Å². The Kier molecular flexibility index (Phi) is 2.07. The van der Waals surface area contributed by atoms with Crippen molar-refractivity contribution in [3.05, 3.63) is 37.9 Å². The maximum absolute atomic E-state index is 11.5. The van der Waals surface area contributed by atoms with E-state index in [0.717, 1.165) is 11.1 Å². The highest BCUT2D eigenvalue weighted by atomic mass is 127. The van der Waals surface area contributed by atoms with Gasteiger partial charge in [-0.25, -0.2) is 4.98 Å². The van der Waals surface area contributed by atoms with Gasteiger partial charge in [0.2, 0.25) is 0 Å². The third kappa shape index (κ3) is 1.46. The second-order valence-electron chi connectivity index (χ2n) is 2.83. The number of hydrogen-bond donors (Lipinski definition) is 1. The first-order valence-electron chi connectivity index (χ1n) is 3.83. The largest absolute Gasteiger partial charge is 0.301 e. The summed E-state index contributed by atoms with van der Waals surface area (Å²) in [6.07, 6.45) is 0. The Balaban J connectivity index is 3.03. The van der Waals surface area contributed by atoms with Gasteiger partial charge in [0, 0.05) is 0 Å². The van der Waals surface area contributed by atoms with Crippen molar-refractivity contribution in [2.45, 2.75) is 6.92 Å². The maximum Gasteiger partial charge on any atom is 0.259 e. The first-order chi connectivity index (χ1) is 6.18. The molecule has 0 bridgehead atoms. The molecule has 0 amide bonds. The molecule has 0 atom stereocenters. The Morgan fingerprint density at radius 2 is 2.23 bits per heavy atom. The molecule has 0 saturated carbocycles. The molecule has 1 aromatic heterocycles. The predicted octanol–water partition coefficient (Wildman–Crippen LogP) is 1.84. The topological polar surface area (TPSA) is 45.8 Å². The summed E-state index contributed by atoms with van der Waals surface area (Å²) in [5.41, 5.74) is 1.66. The van der Waals surface area contributed by atoms with Gasteiger partial charge in [-0.3, -0.25) is 4.79 Å². The summed E-state index contributed by atoms with van der Waals surface area (Å²) in [6, 6.07) is 5.66. The number of H-pyrrole nitrogens is 1. The summed E-state index contributed by atoms with van der Waals surface area (Å²) >= 11 is 2.00. The molecule has 0 radical (unpaired) electrons. The van der Waals surface area contributed by atoms with E-state index in [2.05, 4.69) is 9.97 Å². The molecule has 1 heterocycles. The minimum Gasteiger partial charge on any atom is -0.301 e. The minimum atomic E-state index is -0.0625. The highest BCUT2D eigenvalue weighted by Crippen LogP contribution is 2.11. The van der Waals surface area contributed by atoms with Gasteiger partial charge in [0.1, 0.15) is 0 Å². The number of benzene rings is 1. The van der Waals surface area contributed by atoms with Crippen LogP contribution in [0.2, 0.25) is 0 Å². The summed E-state index contributed by atoms with van der Waals surface area (Å²) in [5.74, 6) is 0. The Morgan fingerprint density at radius 3 is 3.00 bits per heavy atom. The van der Waals surface area contributed by atoms with Crippen molar-refractivity contribution in [2.24, 2.45) is 0 Å². The van der Waals surface area contributed by atoms with Crippen LogP contribution in [0.3, 0.4) is 0 Å². The van der Waals surface area contributed by atoms with E-state index in [1.165, 1.54) is 0 Å². The molecule has 0 aliphatic carbocycles. The Hall–Kier alpha value is -0.910.